The van der Waals surface area contributed by atoms with Gasteiger partial charge in [-0.3, -0.25) is 4.21 Å². The molecule has 0 amide bonds. The van der Waals surface area contributed by atoms with Crippen molar-refractivity contribution >= 4 is 39.3 Å². The third kappa shape index (κ3) is 3.38. The lowest BCUT2D eigenvalue weighted by molar-refractivity contribution is 0.687. The minimum Gasteiger partial charge on any atom is -0.369 e. The second-order valence-electron chi connectivity index (χ2n) is 3.60. The van der Waals surface area contributed by atoms with Gasteiger partial charge >= 0.3 is 0 Å². The highest BCUT2D eigenvalue weighted by molar-refractivity contribution is 7.84. The smallest absolute Gasteiger partial charge is 0.161 e. The first kappa shape index (κ1) is 12.3. The Morgan fingerprint density at radius 3 is 3.06 bits per heavy atom. The van der Waals surface area contributed by atoms with E-state index in [1.807, 2.05) is 18.2 Å². The van der Waals surface area contributed by atoms with Gasteiger partial charge < -0.3 is 5.32 Å². The van der Waals surface area contributed by atoms with Gasteiger partial charge in [0.15, 0.2) is 5.65 Å². The van der Waals surface area contributed by atoms with Gasteiger partial charge in [-0.2, -0.15) is 0 Å². The van der Waals surface area contributed by atoms with Crippen LogP contribution in [0.5, 0.6) is 0 Å². The lowest BCUT2D eigenvalue weighted by Crippen LogP contribution is -2.10. The van der Waals surface area contributed by atoms with Gasteiger partial charge in [-0.25, -0.2) is 9.97 Å². The van der Waals surface area contributed by atoms with Gasteiger partial charge in [0.1, 0.15) is 5.82 Å². The number of pyridine rings is 2. The van der Waals surface area contributed by atoms with Crippen molar-refractivity contribution in [2.45, 2.75) is 0 Å². The van der Waals surface area contributed by atoms with Crippen LogP contribution in [0.3, 0.4) is 0 Å². The number of fused-ring (bicyclic) bond motifs is 1. The molecule has 0 spiro atoms. The van der Waals surface area contributed by atoms with Crippen molar-refractivity contribution in [3.05, 3.63) is 29.4 Å². The first-order valence-electron chi connectivity index (χ1n) is 5.11. The number of aromatic nitrogens is 2. The molecule has 4 nitrogen and oxygen atoms in total. The van der Waals surface area contributed by atoms with Gasteiger partial charge in [-0.05, 0) is 18.2 Å². The topological polar surface area (TPSA) is 54.9 Å². The molecule has 1 N–H and O–H groups in total. The number of nitrogens with zero attached hydrogens (tertiary/aromatic N) is 2. The molecular formula is C11H12ClN3OS. The van der Waals surface area contributed by atoms with E-state index in [-0.39, 0.29) is 0 Å². The number of rotatable bonds is 4. The maximum atomic E-state index is 10.9. The molecule has 1 unspecified atom stereocenters. The Hall–Kier alpha value is -1.20. The van der Waals surface area contributed by atoms with Gasteiger partial charge in [-0.1, -0.05) is 11.6 Å². The van der Waals surface area contributed by atoms with Crippen molar-refractivity contribution in [3.8, 4) is 0 Å². The van der Waals surface area contributed by atoms with Crippen LogP contribution in [0.4, 0.5) is 5.82 Å². The quantitative estimate of drug-likeness (QED) is 0.923. The van der Waals surface area contributed by atoms with E-state index in [1.54, 1.807) is 12.5 Å². The Morgan fingerprint density at radius 2 is 2.29 bits per heavy atom. The van der Waals surface area contributed by atoms with Crippen LogP contribution in [-0.4, -0.2) is 32.7 Å². The van der Waals surface area contributed by atoms with Crippen LogP contribution in [-0.2, 0) is 10.8 Å². The average Bonchev–Trinajstić information content (AvgIpc) is 2.29. The minimum atomic E-state index is -0.793. The standard InChI is InChI=1S/C11H12ClN3OS/c1-17(16)5-4-13-10-3-2-8-6-9(12)7-14-11(8)15-10/h2-3,6-7H,4-5H2,1H3,(H,13,14,15). The summed E-state index contributed by atoms with van der Waals surface area (Å²) in [5, 5.41) is 4.61. The van der Waals surface area contributed by atoms with Crippen molar-refractivity contribution in [1.82, 2.24) is 9.97 Å². The van der Waals surface area contributed by atoms with Crippen LogP contribution in [0.25, 0.3) is 11.0 Å². The van der Waals surface area contributed by atoms with Gasteiger partial charge in [-0.15, -0.1) is 0 Å². The highest BCUT2D eigenvalue weighted by Crippen LogP contribution is 2.16. The molecule has 2 heterocycles. The zero-order valence-corrected chi connectivity index (χ0v) is 10.9. The van der Waals surface area contributed by atoms with E-state index in [0.29, 0.717) is 23.0 Å². The molecule has 0 bridgehead atoms. The van der Waals surface area contributed by atoms with E-state index in [0.717, 1.165) is 11.2 Å². The molecule has 0 aliphatic carbocycles. The maximum Gasteiger partial charge on any atom is 0.161 e. The number of anilines is 1. The Kier molecular flexibility index (Phi) is 3.91. The van der Waals surface area contributed by atoms with Crippen molar-refractivity contribution < 1.29 is 4.21 Å². The minimum absolute atomic E-state index is 0.599. The van der Waals surface area contributed by atoms with Crippen LogP contribution >= 0.6 is 11.6 Å². The molecule has 2 aromatic heterocycles. The Bertz CT molecular complexity index is 561. The number of nitrogens with one attached hydrogen (secondary N) is 1. The predicted molar refractivity (Wildman–Crippen MR) is 72.0 cm³/mol. The van der Waals surface area contributed by atoms with E-state index in [9.17, 15) is 4.21 Å². The second kappa shape index (κ2) is 5.42. The summed E-state index contributed by atoms with van der Waals surface area (Å²) in [7, 11) is -0.793. The lowest BCUT2D eigenvalue weighted by Gasteiger charge is -2.05. The second-order valence-corrected chi connectivity index (χ2v) is 5.59. The summed E-state index contributed by atoms with van der Waals surface area (Å²) in [5.41, 5.74) is 0.650. The van der Waals surface area contributed by atoms with Crippen molar-refractivity contribution in [2.75, 3.05) is 23.9 Å². The average molecular weight is 270 g/mol. The molecule has 6 heteroatoms. The van der Waals surface area contributed by atoms with Gasteiger partial charge in [0, 0.05) is 40.9 Å². The summed E-state index contributed by atoms with van der Waals surface area (Å²) in [4.78, 5) is 8.47. The summed E-state index contributed by atoms with van der Waals surface area (Å²) in [5.74, 6) is 1.34. The highest BCUT2D eigenvalue weighted by atomic mass is 35.5. The Balaban J connectivity index is 2.14. The van der Waals surface area contributed by atoms with Crippen LogP contribution < -0.4 is 5.32 Å². The van der Waals surface area contributed by atoms with Gasteiger partial charge in [0.05, 0.1) is 5.02 Å². The largest absolute Gasteiger partial charge is 0.369 e. The van der Waals surface area contributed by atoms with Crippen molar-refractivity contribution in [3.63, 3.8) is 0 Å². The molecule has 2 aromatic rings. The molecule has 90 valence electrons. The van der Waals surface area contributed by atoms with Crippen LogP contribution in [0.1, 0.15) is 0 Å². The van der Waals surface area contributed by atoms with E-state index >= 15 is 0 Å². The molecule has 0 aliphatic heterocycles. The highest BCUT2D eigenvalue weighted by Gasteiger charge is 2.00. The predicted octanol–water partition coefficient (Wildman–Crippen LogP) is 2.07. The molecule has 0 saturated carbocycles. The van der Waals surface area contributed by atoms with Gasteiger partial charge in [0.25, 0.3) is 0 Å². The molecule has 0 radical (unpaired) electrons. The van der Waals surface area contributed by atoms with E-state index in [2.05, 4.69) is 15.3 Å². The summed E-state index contributed by atoms with van der Waals surface area (Å²) in [6.07, 6.45) is 3.25. The monoisotopic (exact) mass is 269 g/mol. The van der Waals surface area contributed by atoms with Gasteiger partial charge in [0.2, 0.25) is 0 Å². The number of hydrogen-bond acceptors (Lipinski definition) is 4. The lowest BCUT2D eigenvalue weighted by atomic mass is 10.3. The first-order chi connectivity index (χ1) is 8.15. The molecule has 17 heavy (non-hydrogen) atoms. The fraction of sp³-hybridized carbons (Fsp3) is 0.273. The molecule has 1 atom stereocenters. The van der Waals surface area contributed by atoms with E-state index in [1.165, 1.54) is 0 Å². The zero-order valence-electron chi connectivity index (χ0n) is 9.31. The summed E-state index contributed by atoms with van der Waals surface area (Å²) in [6, 6.07) is 5.59. The molecule has 0 aliphatic rings. The summed E-state index contributed by atoms with van der Waals surface area (Å²) < 4.78 is 10.9. The summed E-state index contributed by atoms with van der Waals surface area (Å²) in [6.45, 7) is 0.634. The molecule has 0 fully saturated rings. The first-order valence-corrected chi connectivity index (χ1v) is 7.22. The summed E-state index contributed by atoms with van der Waals surface area (Å²) >= 11 is 5.84. The molecular weight excluding hydrogens is 258 g/mol. The third-order valence-corrected chi connectivity index (χ3v) is 3.19. The van der Waals surface area contributed by atoms with Crippen molar-refractivity contribution in [2.24, 2.45) is 0 Å². The van der Waals surface area contributed by atoms with E-state index < -0.39 is 10.8 Å². The normalized spacial score (nSPS) is 12.6. The molecule has 0 aromatic carbocycles. The van der Waals surface area contributed by atoms with Crippen LogP contribution in [0.15, 0.2) is 24.4 Å². The fourth-order valence-corrected chi connectivity index (χ4v) is 1.96. The molecule has 0 saturated heterocycles. The van der Waals surface area contributed by atoms with Crippen LogP contribution in [0.2, 0.25) is 5.02 Å². The number of halogens is 1. The van der Waals surface area contributed by atoms with E-state index in [4.69, 9.17) is 11.6 Å². The Labute approximate surface area is 107 Å². The Morgan fingerprint density at radius 1 is 1.47 bits per heavy atom. The molecule has 2 rings (SSSR count). The third-order valence-electron chi connectivity index (χ3n) is 2.20. The van der Waals surface area contributed by atoms with Crippen LogP contribution in [0, 0.1) is 0 Å². The van der Waals surface area contributed by atoms with Crippen molar-refractivity contribution in [1.29, 1.82) is 0 Å². The zero-order chi connectivity index (χ0) is 12.3. The number of hydrogen-bond donors (Lipinski definition) is 1. The fourth-order valence-electron chi connectivity index (χ4n) is 1.41. The SMILES string of the molecule is CS(=O)CCNc1ccc2cc(Cl)cnc2n1. The maximum absolute atomic E-state index is 10.9.